The number of hydrogen-bond acceptors (Lipinski definition) is 6. The number of carbonyl (C=O) groups excluding carboxylic acids is 1. The maximum absolute atomic E-state index is 12.9. The first-order valence-corrected chi connectivity index (χ1v) is 12.7. The van der Waals surface area contributed by atoms with Gasteiger partial charge in [0, 0.05) is 56.2 Å². The minimum absolute atomic E-state index is 0.233. The number of benzene rings is 2. The van der Waals surface area contributed by atoms with Gasteiger partial charge in [-0.15, -0.1) is 0 Å². The molecule has 11 heteroatoms. The number of nitrogens with zero attached hydrogens (tertiary/aromatic N) is 4. The van der Waals surface area contributed by atoms with E-state index >= 15 is 0 Å². The summed E-state index contributed by atoms with van der Waals surface area (Å²) in [5.41, 5.74) is 5.86. The van der Waals surface area contributed by atoms with Gasteiger partial charge in [0.15, 0.2) is 0 Å². The number of aromatic nitrogens is 2. The molecule has 33 heavy (non-hydrogen) atoms. The molecule has 174 valence electrons. The van der Waals surface area contributed by atoms with Crippen LogP contribution >= 0.6 is 15.9 Å². The van der Waals surface area contributed by atoms with Gasteiger partial charge in [0.05, 0.1) is 15.8 Å². The van der Waals surface area contributed by atoms with Gasteiger partial charge in [-0.1, -0.05) is 15.9 Å². The lowest BCUT2D eigenvalue weighted by Gasteiger charge is -2.34. The molecule has 0 aliphatic carbocycles. The van der Waals surface area contributed by atoms with Crippen LogP contribution in [0.3, 0.4) is 0 Å². The average molecular weight is 534 g/mol. The maximum Gasteiger partial charge on any atom is 0.261 e. The molecule has 3 aromatic rings. The summed E-state index contributed by atoms with van der Waals surface area (Å²) in [7, 11) is -1.86. The summed E-state index contributed by atoms with van der Waals surface area (Å²) in [4.78, 5) is 31.2. The van der Waals surface area contributed by atoms with Crippen LogP contribution in [0.1, 0.15) is 16.2 Å². The van der Waals surface area contributed by atoms with Gasteiger partial charge in [-0.2, -0.15) is 4.31 Å². The smallest absolute Gasteiger partial charge is 0.261 e. The molecular formula is C22H24BrN5O4S. The molecule has 1 amide bonds. The van der Waals surface area contributed by atoms with Gasteiger partial charge < -0.3 is 10.6 Å². The van der Waals surface area contributed by atoms with E-state index in [0.717, 1.165) is 4.47 Å². The van der Waals surface area contributed by atoms with E-state index in [-0.39, 0.29) is 16.0 Å². The summed E-state index contributed by atoms with van der Waals surface area (Å²) < 4.78 is 29.6. The van der Waals surface area contributed by atoms with E-state index in [4.69, 9.17) is 5.73 Å². The normalized spacial score (nSPS) is 15.7. The first kappa shape index (κ1) is 23.6. The Morgan fingerprint density at radius 3 is 2.39 bits per heavy atom. The summed E-state index contributed by atoms with van der Waals surface area (Å²) in [6.45, 7) is 2.65. The predicted molar refractivity (Wildman–Crippen MR) is 129 cm³/mol. The predicted octanol–water partition coefficient (Wildman–Crippen LogP) is 1.34. The van der Waals surface area contributed by atoms with Crippen LogP contribution in [0.25, 0.3) is 10.9 Å². The highest BCUT2D eigenvalue weighted by molar-refractivity contribution is 9.10. The minimum Gasteiger partial charge on any atom is -0.366 e. The molecule has 0 atom stereocenters. The van der Waals surface area contributed by atoms with E-state index in [1.165, 1.54) is 14.9 Å². The van der Waals surface area contributed by atoms with Crippen LogP contribution in [0.5, 0.6) is 0 Å². The van der Waals surface area contributed by atoms with Gasteiger partial charge in [-0.3, -0.25) is 14.2 Å². The molecule has 0 radical (unpaired) electrons. The van der Waals surface area contributed by atoms with Gasteiger partial charge in [-0.25, -0.2) is 13.4 Å². The Bertz CT molecular complexity index is 1360. The Balaban J connectivity index is 1.42. The molecule has 0 spiro atoms. The molecule has 1 saturated heterocycles. The molecule has 2 aromatic carbocycles. The van der Waals surface area contributed by atoms with E-state index in [1.54, 1.807) is 43.4 Å². The summed E-state index contributed by atoms with van der Waals surface area (Å²) in [6, 6.07) is 11.3. The molecule has 0 saturated carbocycles. The van der Waals surface area contributed by atoms with Gasteiger partial charge >= 0.3 is 0 Å². The number of sulfonamides is 1. The Morgan fingerprint density at radius 1 is 1.09 bits per heavy atom. The monoisotopic (exact) mass is 533 g/mol. The van der Waals surface area contributed by atoms with Gasteiger partial charge in [-0.05, 0) is 42.5 Å². The van der Waals surface area contributed by atoms with Crippen LogP contribution in [-0.2, 0) is 23.5 Å². The molecule has 9 nitrogen and oxygen atoms in total. The van der Waals surface area contributed by atoms with Crippen LogP contribution in [-0.4, -0.2) is 65.8 Å². The van der Waals surface area contributed by atoms with Gasteiger partial charge in [0.1, 0.15) is 5.82 Å². The second-order valence-corrected chi connectivity index (χ2v) is 10.8. The molecule has 2 heterocycles. The Kier molecular flexibility index (Phi) is 6.66. The highest BCUT2D eigenvalue weighted by Crippen LogP contribution is 2.20. The summed E-state index contributed by atoms with van der Waals surface area (Å²) in [6.07, 6.45) is 0.540. The van der Waals surface area contributed by atoms with Crippen molar-refractivity contribution >= 4 is 42.8 Å². The van der Waals surface area contributed by atoms with Crippen molar-refractivity contribution in [2.45, 2.75) is 11.3 Å². The maximum atomic E-state index is 12.9. The molecular weight excluding hydrogens is 510 g/mol. The van der Waals surface area contributed by atoms with Crippen molar-refractivity contribution in [1.82, 2.24) is 18.8 Å². The number of carbonyl (C=O) groups is 1. The lowest BCUT2D eigenvalue weighted by molar-refractivity contribution is 0.100. The standard InChI is InChI=1S/C22H24BrN5O4S/c1-26-20(25-19-7-2-15(21(24)29)14-18(19)22(26)30)8-9-27-10-12-28(13-11-27)33(31,32)17-5-3-16(23)4-6-17/h2-7,14H,8-13H2,1H3,(H2,24,29). The molecule has 0 bridgehead atoms. The molecule has 0 unspecified atom stereocenters. The fraction of sp³-hybridized carbons (Fsp3) is 0.318. The molecule has 1 aliphatic heterocycles. The Labute approximate surface area is 200 Å². The molecule has 1 aromatic heterocycles. The van der Waals surface area contributed by atoms with Crippen molar-refractivity contribution in [1.29, 1.82) is 0 Å². The van der Waals surface area contributed by atoms with Crippen LogP contribution in [0, 0.1) is 0 Å². The molecule has 2 N–H and O–H groups in total. The van der Waals surface area contributed by atoms with Crippen molar-refractivity contribution in [2.75, 3.05) is 32.7 Å². The first-order chi connectivity index (χ1) is 15.7. The second-order valence-electron chi connectivity index (χ2n) is 7.94. The number of primary amides is 1. The van der Waals surface area contributed by atoms with E-state index in [9.17, 15) is 18.0 Å². The molecule has 4 rings (SSSR count). The summed E-state index contributed by atoms with van der Waals surface area (Å²) in [5, 5.41) is 0.351. The summed E-state index contributed by atoms with van der Waals surface area (Å²) in [5.74, 6) is 0.0357. The van der Waals surface area contributed by atoms with E-state index < -0.39 is 15.9 Å². The first-order valence-electron chi connectivity index (χ1n) is 10.4. The van der Waals surface area contributed by atoms with Crippen molar-refractivity contribution in [3.63, 3.8) is 0 Å². The average Bonchev–Trinajstić information content (AvgIpc) is 2.80. The van der Waals surface area contributed by atoms with Crippen LogP contribution in [0.15, 0.2) is 56.6 Å². The van der Waals surface area contributed by atoms with Crippen molar-refractivity contribution in [2.24, 2.45) is 12.8 Å². The molecule has 1 fully saturated rings. The van der Waals surface area contributed by atoms with E-state index in [2.05, 4.69) is 25.8 Å². The van der Waals surface area contributed by atoms with Gasteiger partial charge in [0.2, 0.25) is 15.9 Å². The third-order valence-corrected chi connectivity index (χ3v) is 8.33. The summed E-state index contributed by atoms with van der Waals surface area (Å²) >= 11 is 3.32. The highest BCUT2D eigenvalue weighted by Gasteiger charge is 2.28. The number of amides is 1. The quantitative estimate of drug-likeness (QED) is 0.510. The van der Waals surface area contributed by atoms with E-state index in [0.29, 0.717) is 55.9 Å². The van der Waals surface area contributed by atoms with Crippen LogP contribution in [0.2, 0.25) is 0 Å². The number of piperazine rings is 1. The zero-order valence-corrected chi connectivity index (χ0v) is 20.5. The number of rotatable bonds is 6. The fourth-order valence-electron chi connectivity index (χ4n) is 3.90. The fourth-order valence-corrected chi connectivity index (χ4v) is 5.59. The Hall–Kier alpha value is -2.60. The zero-order valence-electron chi connectivity index (χ0n) is 18.1. The number of fused-ring (bicyclic) bond motifs is 1. The largest absolute Gasteiger partial charge is 0.366 e. The van der Waals surface area contributed by atoms with Crippen molar-refractivity contribution < 1.29 is 13.2 Å². The lowest BCUT2D eigenvalue weighted by atomic mass is 10.1. The number of hydrogen-bond donors (Lipinski definition) is 1. The number of halogens is 1. The van der Waals surface area contributed by atoms with E-state index in [1.807, 2.05) is 0 Å². The van der Waals surface area contributed by atoms with Crippen LogP contribution in [0.4, 0.5) is 0 Å². The Morgan fingerprint density at radius 2 is 1.76 bits per heavy atom. The SMILES string of the molecule is Cn1c(CCN2CCN(S(=O)(=O)c3ccc(Br)cc3)CC2)nc2ccc(C(N)=O)cc2c1=O. The van der Waals surface area contributed by atoms with Gasteiger partial charge in [0.25, 0.3) is 5.56 Å². The topological polar surface area (TPSA) is 119 Å². The second kappa shape index (κ2) is 9.34. The van der Waals surface area contributed by atoms with Crippen molar-refractivity contribution in [3.05, 3.63) is 68.7 Å². The third-order valence-electron chi connectivity index (χ3n) is 5.89. The lowest BCUT2D eigenvalue weighted by Crippen LogP contribution is -2.49. The van der Waals surface area contributed by atoms with Crippen molar-refractivity contribution in [3.8, 4) is 0 Å². The zero-order chi connectivity index (χ0) is 23.8. The highest BCUT2D eigenvalue weighted by atomic mass is 79.9. The van der Waals surface area contributed by atoms with Crippen LogP contribution < -0.4 is 11.3 Å². The third kappa shape index (κ3) is 4.86. The number of nitrogens with two attached hydrogens (primary N) is 1. The molecule has 1 aliphatic rings. The minimum atomic E-state index is -3.52.